The summed E-state index contributed by atoms with van der Waals surface area (Å²) in [6.07, 6.45) is 2.47. The number of nitrogens with zero attached hydrogens (tertiary/aromatic N) is 5. The zero-order valence-corrected chi connectivity index (χ0v) is 21.4. The van der Waals surface area contributed by atoms with E-state index in [2.05, 4.69) is 50.6 Å². The maximum Gasteiger partial charge on any atom is 0.193 e. The van der Waals surface area contributed by atoms with E-state index in [1.807, 2.05) is 6.07 Å². The summed E-state index contributed by atoms with van der Waals surface area (Å²) in [5.41, 5.74) is 9.15. The smallest absolute Gasteiger partial charge is 0.193 e. The van der Waals surface area contributed by atoms with Gasteiger partial charge in [-0.25, -0.2) is 9.07 Å². The van der Waals surface area contributed by atoms with Crippen LogP contribution in [0, 0.1) is 17.1 Å². The minimum Gasteiger partial charge on any atom is -0.382 e. The minimum atomic E-state index is -0.335. The van der Waals surface area contributed by atoms with Gasteiger partial charge in [0.15, 0.2) is 5.96 Å². The lowest BCUT2D eigenvalue weighted by Crippen LogP contribution is -2.40. The fourth-order valence-electron chi connectivity index (χ4n) is 4.29. The topological polar surface area (TPSA) is 95.3 Å². The summed E-state index contributed by atoms with van der Waals surface area (Å²) in [5.74, 6) is 1.34. The zero-order chi connectivity index (χ0) is 23.2. The normalized spacial score (nSPS) is 15.6. The summed E-state index contributed by atoms with van der Waals surface area (Å²) in [6.45, 7) is 2.62. The lowest BCUT2D eigenvalue weighted by Gasteiger charge is -2.21. The number of aryl methyl sites for hydroxylation is 1. The third-order valence-electron chi connectivity index (χ3n) is 6.02. The Morgan fingerprint density at radius 1 is 1.24 bits per heavy atom. The van der Waals surface area contributed by atoms with Crippen LogP contribution in [0.3, 0.4) is 0 Å². The van der Waals surface area contributed by atoms with Gasteiger partial charge in [-0.15, -0.1) is 24.0 Å². The molecule has 1 aromatic heterocycles. The van der Waals surface area contributed by atoms with Crippen LogP contribution in [0.4, 0.5) is 10.2 Å². The average Bonchev–Trinajstić information content (AvgIpc) is 3.45. The second-order valence-electron chi connectivity index (χ2n) is 8.13. The van der Waals surface area contributed by atoms with E-state index in [4.69, 9.17) is 5.73 Å². The molecule has 0 saturated carbocycles. The summed E-state index contributed by atoms with van der Waals surface area (Å²) in [7, 11) is 1.80. The highest BCUT2D eigenvalue weighted by Crippen LogP contribution is 2.27. The Balaban J connectivity index is 0.00000324. The van der Waals surface area contributed by atoms with E-state index in [0.717, 1.165) is 31.9 Å². The van der Waals surface area contributed by atoms with Crippen LogP contribution in [0.2, 0.25) is 0 Å². The number of guanidine groups is 1. The minimum absolute atomic E-state index is 0. The summed E-state index contributed by atoms with van der Waals surface area (Å²) in [4.78, 5) is 6.74. The number of rotatable bonds is 6. The van der Waals surface area contributed by atoms with Crippen molar-refractivity contribution in [3.05, 3.63) is 77.2 Å². The summed E-state index contributed by atoms with van der Waals surface area (Å²) in [5, 5.41) is 17.5. The standard InChI is InChI=1S/C25H28FN7.HI/c1-29-25(32-15-13-19(17-32)18-6-3-2-4-7-18)30-14-5-8-23-22(16-27)24(28)33(31-23)21-11-9-20(26)10-12-21;/h2-4,6-7,9-12,19H,5,8,13-15,17,28H2,1H3,(H,29,30);1H. The van der Waals surface area contributed by atoms with Crippen LogP contribution < -0.4 is 11.1 Å². The first-order valence-electron chi connectivity index (χ1n) is 11.1. The van der Waals surface area contributed by atoms with Gasteiger partial charge in [-0.3, -0.25) is 4.99 Å². The highest BCUT2D eigenvalue weighted by Gasteiger charge is 2.25. The molecular formula is C25H29FIN7. The zero-order valence-electron chi connectivity index (χ0n) is 19.1. The predicted molar refractivity (Wildman–Crippen MR) is 143 cm³/mol. The molecule has 0 aliphatic carbocycles. The molecule has 2 aromatic carbocycles. The molecule has 9 heteroatoms. The lowest BCUT2D eigenvalue weighted by molar-refractivity contribution is 0.484. The number of anilines is 1. The van der Waals surface area contributed by atoms with E-state index in [0.29, 0.717) is 35.8 Å². The van der Waals surface area contributed by atoms with Gasteiger partial charge in [0.2, 0.25) is 0 Å². The molecule has 0 radical (unpaired) electrons. The predicted octanol–water partition coefficient (Wildman–Crippen LogP) is 4.08. The molecule has 1 fully saturated rings. The maximum atomic E-state index is 13.2. The highest BCUT2D eigenvalue weighted by atomic mass is 127. The van der Waals surface area contributed by atoms with Crippen LogP contribution in [0.25, 0.3) is 5.69 Å². The Morgan fingerprint density at radius 3 is 2.65 bits per heavy atom. The van der Waals surface area contributed by atoms with Crippen molar-refractivity contribution in [1.29, 1.82) is 5.26 Å². The first kappa shape index (κ1) is 25.5. The summed E-state index contributed by atoms with van der Waals surface area (Å²) >= 11 is 0. The molecule has 0 bridgehead atoms. The fraction of sp³-hybridized carbons (Fsp3) is 0.320. The quantitative estimate of drug-likeness (QED) is 0.201. The molecule has 34 heavy (non-hydrogen) atoms. The van der Waals surface area contributed by atoms with Crippen LogP contribution >= 0.6 is 24.0 Å². The van der Waals surface area contributed by atoms with E-state index in [1.165, 1.54) is 22.4 Å². The van der Waals surface area contributed by atoms with Gasteiger partial charge >= 0.3 is 0 Å². The number of benzene rings is 2. The highest BCUT2D eigenvalue weighted by molar-refractivity contribution is 14.0. The molecule has 1 aliphatic rings. The molecule has 1 saturated heterocycles. The first-order valence-corrected chi connectivity index (χ1v) is 11.1. The van der Waals surface area contributed by atoms with E-state index < -0.39 is 0 Å². The van der Waals surface area contributed by atoms with Crippen molar-refractivity contribution in [3.8, 4) is 11.8 Å². The van der Waals surface area contributed by atoms with Gasteiger partial charge in [-0.2, -0.15) is 10.4 Å². The number of hydrogen-bond acceptors (Lipinski definition) is 4. The van der Waals surface area contributed by atoms with Gasteiger partial charge < -0.3 is 16.0 Å². The van der Waals surface area contributed by atoms with Gasteiger partial charge in [-0.05, 0) is 49.1 Å². The van der Waals surface area contributed by atoms with Crippen molar-refractivity contribution in [1.82, 2.24) is 20.0 Å². The van der Waals surface area contributed by atoms with Gasteiger partial charge in [0.05, 0.1) is 11.4 Å². The van der Waals surface area contributed by atoms with Crippen molar-refractivity contribution in [3.63, 3.8) is 0 Å². The van der Waals surface area contributed by atoms with E-state index >= 15 is 0 Å². The second-order valence-corrected chi connectivity index (χ2v) is 8.13. The average molecular weight is 573 g/mol. The first-order chi connectivity index (χ1) is 16.1. The number of halogens is 2. The van der Waals surface area contributed by atoms with Crippen molar-refractivity contribution in [2.75, 3.05) is 32.4 Å². The molecule has 3 aromatic rings. The Morgan fingerprint density at radius 2 is 1.97 bits per heavy atom. The van der Waals surface area contributed by atoms with Crippen molar-refractivity contribution in [2.24, 2.45) is 4.99 Å². The molecule has 1 unspecified atom stereocenters. The van der Waals surface area contributed by atoms with E-state index in [1.54, 1.807) is 19.2 Å². The lowest BCUT2D eigenvalue weighted by atomic mass is 9.99. The molecule has 4 rings (SSSR count). The molecule has 178 valence electrons. The van der Waals surface area contributed by atoms with E-state index in [-0.39, 0.29) is 35.6 Å². The Bertz CT molecular complexity index is 1150. The SMILES string of the molecule is CN=C(NCCCc1nn(-c2ccc(F)cc2)c(N)c1C#N)N1CCC(c2ccccc2)C1.I. The third-order valence-corrected chi connectivity index (χ3v) is 6.02. The largest absolute Gasteiger partial charge is 0.382 e. The fourth-order valence-corrected chi connectivity index (χ4v) is 4.29. The monoisotopic (exact) mass is 573 g/mol. The molecule has 3 N–H and O–H groups in total. The molecule has 0 amide bonds. The van der Waals surface area contributed by atoms with Crippen molar-refractivity contribution in [2.45, 2.75) is 25.2 Å². The Kier molecular flexibility index (Phi) is 8.87. The number of aromatic nitrogens is 2. The molecule has 1 atom stereocenters. The Labute approximate surface area is 216 Å². The van der Waals surface area contributed by atoms with Crippen LogP contribution in [0.15, 0.2) is 59.6 Å². The number of nitrogens with two attached hydrogens (primary N) is 1. The number of hydrogen-bond donors (Lipinski definition) is 2. The van der Waals surface area contributed by atoms with Gasteiger partial charge in [0.25, 0.3) is 0 Å². The van der Waals surface area contributed by atoms with Crippen LogP contribution in [-0.2, 0) is 6.42 Å². The van der Waals surface area contributed by atoms with Gasteiger partial charge in [0.1, 0.15) is 23.3 Å². The number of likely N-dealkylation sites (tertiary alicyclic amines) is 1. The molecule has 1 aliphatic heterocycles. The van der Waals surface area contributed by atoms with Crippen molar-refractivity contribution < 1.29 is 4.39 Å². The molecule has 0 spiro atoms. The third kappa shape index (κ3) is 5.67. The van der Waals surface area contributed by atoms with Crippen LogP contribution in [0.1, 0.15) is 35.6 Å². The van der Waals surface area contributed by atoms with Gasteiger partial charge in [-0.1, -0.05) is 30.3 Å². The second kappa shape index (κ2) is 11.8. The summed E-state index contributed by atoms with van der Waals surface area (Å²) < 4.78 is 14.7. The number of aliphatic imine (C=N–C) groups is 1. The van der Waals surface area contributed by atoms with Gasteiger partial charge in [0, 0.05) is 32.6 Å². The Hall–Kier alpha value is -3.13. The molecular weight excluding hydrogens is 544 g/mol. The molecule has 7 nitrogen and oxygen atoms in total. The van der Waals surface area contributed by atoms with Crippen molar-refractivity contribution >= 4 is 35.8 Å². The number of nitriles is 1. The maximum absolute atomic E-state index is 13.2. The van der Waals surface area contributed by atoms with E-state index in [9.17, 15) is 9.65 Å². The number of nitrogen functional groups attached to an aromatic ring is 1. The molecule has 2 heterocycles. The van der Waals surface area contributed by atoms with Crippen LogP contribution in [-0.4, -0.2) is 47.3 Å². The summed E-state index contributed by atoms with van der Waals surface area (Å²) in [6, 6.07) is 18.6. The number of nitrogens with one attached hydrogen (secondary N) is 1. The van der Waals surface area contributed by atoms with Crippen LogP contribution in [0.5, 0.6) is 0 Å².